The van der Waals surface area contributed by atoms with E-state index in [4.69, 9.17) is 4.74 Å². The minimum absolute atomic E-state index is 0.0912. The Morgan fingerprint density at radius 3 is 2.76 bits per heavy atom. The first-order chi connectivity index (χ1) is 13.9. The number of methoxy groups -OCH3 is 1. The number of hydrogen-bond acceptors (Lipinski definition) is 4. The number of nitrogens with zero attached hydrogens (tertiary/aromatic N) is 4. The quantitative estimate of drug-likeness (QED) is 0.636. The number of aromatic nitrogens is 3. The first-order valence-corrected chi connectivity index (χ1v) is 9.69. The van der Waals surface area contributed by atoms with Gasteiger partial charge in [0.05, 0.1) is 12.8 Å². The van der Waals surface area contributed by atoms with Crippen LogP contribution in [0.3, 0.4) is 0 Å². The summed E-state index contributed by atoms with van der Waals surface area (Å²) in [5, 5.41) is 4.29. The van der Waals surface area contributed by atoms with E-state index in [0.29, 0.717) is 17.8 Å². The third-order valence-corrected chi connectivity index (χ3v) is 5.38. The van der Waals surface area contributed by atoms with Gasteiger partial charge in [-0.05, 0) is 43.1 Å². The molecule has 1 fully saturated rings. The van der Waals surface area contributed by atoms with Gasteiger partial charge < -0.3 is 4.74 Å². The molecule has 3 heterocycles. The average molecular weight is 404 g/mol. The fourth-order valence-corrected chi connectivity index (χ4v) is 3.87. The highest BCUT2D eigenvalue weighted by Crippen LogP contribution is 2.33. The van der Waals surface area contributed by atoms with Gasteiger partial charge >= 0.3 is 6.18 Å². The van der Waals surface area contributed by atoms with E-state index < -0.39 is 11.9 Å². The van der Waals surface area contributed by atoms with Crippen molar-refractivity contribution in [3.8, 4) is 5.75 Å². The molecule has 0 spiro atoms. The molecule has 154 valence electrons. The molecule has 1 saturated heterocycles. The van der Waals surface area contributed by atoms with Crippen LogP contribution in [-0.4, -0.2) is 39.7 Å². The second-order valence-corrected chi connectivity index (χ2v) is 7.40. The number of rotatable bonds is 5. The maximum absolute atomic E-state index is 13.5. The van der Waals surface area contributed by atoms with Crippen molar-refractivity contribution in [2.75, 3.05) is 20.2 Å². The Labute approximate surface area is 167 Å². The van der Waals surface area contributed by atoms with Gasteiger partial charge in [-0.2, -0.15) is 18.3 Å². The Bertz CT molecular complexity index is 1010. The largest absolute Gasteiger partial charge is 0.497 e. The third kappa shape index (κ3) is 4.07. The molecule has 1 aromatic carbocycles. The second kappa shape index (κ2) is 7.67. The summed E-state index contributed by atoms with van der Waals surface area (Å²) in [6.45, 7) is 4.19. The molecule has 3 aromatic rings. The highest BCUT2D eigenvalue weighted by Gasteiger charge is 2.36. The van der Waals surface area contributed by atoms with Crippen LogP contribution in [-0.2, 0) is 19.1 Å². The lowest BCUT2D eigenvalue weighted by Crippen LogP contribution is -2.20. The molecule has 8 heteroatoms. The highest BCUT2D eigenvalue weighted by molar-refractivity contribution is 5.43. The van der Waals surface area contributed by atoms with E-state index in [1.807, 2.05) is 24.3 Å². The van der Waals surface area contributed by atoms with Crippen LogP contribution in [0.5, 0.6) is 5.75 Å². The SMILES string of the molecule is CCc1cc(C(F)(F)F)n2nc([C@@H]3CCN(Cc4cccc(OC)c4)C3)cc2n1. The summed E-state index contributed by atoms with van der Waals surface area (Å²) in [5.74, 6) is 0.907. The zero-order valence-electron chi connectivity index (χ0n) is 16.4. The molecule has 1 aliphatic rings. The van der Waals surface area contributed by atoms with Crippen molar-refractivity contribution >= 4 is 5.65 Å². The van der Waals surface area contributed by atoms with Crippen molar-refractivity contribution in [3.05, 3.63) is 59.0 Å². The van der Waals surface area contributed by atoms with Crippen molar-refractivity contribution in [3.63, 3.8) is 0 Å². The van der Waals surface area contributed by atoms with Gasteiger partial charge in [0.1, 0.15) is 11.4 Å². The Hall–Kier alpha value is -2.61. The van der Waals surface area contributed by atoms with Gasteiger partial charge in [-0.15, -0.1) is 0 Å². The maximum atomic E-state index is 13.5. The molecule has 0 bridgehead atoms. The van der Waals surface area contributed by atoms with Crippen molar-refractivity contribution in [2.24, 2.45) is 0 Å². The number of aryl methyl sites for hydroxylation is 1. The lowest BCUT2D eigenvalue weighted by atomic mass is 10.1. The average Bonchev–Trinajstić information content (AvgIpc) is 3.33. The van der Waals surface area contributed by atoms with Gasteiger partial charge in [0.15, 0.2) is 5.65 Å². The third-order valence-electron chi connectivity index (χ3n) is 5.38. The van der Waals surface area contributed by atoms with Crippen LogP contribution in [0.15, 0.2) is 36.4 Å². The van der Waals surface area contributed by atoms with Crippen molar-refractivity contribution in [1.29, 1.82) is 0 Å². The Morgan fingerprint density at radius 2 is 2.03 bits per heavy atom. The predicted octanol–water partition coefficient (Wildman–Crippen LogP) is 4.31. The molecule has 0 aliphatic carbocycles. The van der Waals surface area contributed by atoms with Gasteiger partial charge in [0, 0.05) is 30.8 Å². The number of halogens is 3. The number of hydrogen-bond donors (Lipinski definition) is 0. The highest BCUT2D eigenvalue weighted by atomic mass is 19.4. The Balaban J connectivity index is 1.56. The molecule has 1 aliphatic heterocycles. The fourth-order valence-electron chi connectivity index (χ4n) is 3.87. The molecule has 1 atom stereocenters. The topological polar surface area (TPSA) is 42.7 Å². The molecule has 4 rings (SSSR count). The standard InChI is InChI=1S/C21H23F3N4O/c1-3-16-10-19(21(22,23)24)28-20(25-16)11-18(26-28)15-7-8-27(13-15)12-14-5-4-6-17(9-14)29-2/h4-6,9-11,15H,3,7-8,12-13H2,1-2H3/t15-/m1/s1. The first-order valence-electron chi connectivity index (χ1n) is 9.69. The van der Waals surface area contributed by atoms with E-state index in [9.17, 15) is 13.2 Å². The molecule has 0 N–H and O–H groups in total. The predicted molar refractivity (Wildman–Crippen MR) is 103 cm³/mol. The van der Waals surface area contributed by atoms with E-state index in [1.165, 1.54) is 0 Å². The van der Waals surface area contributed by atoms with E-state index in [1.54, 1.807) is 20.1 Å². The fraction of sp³-hybridized carbons (Fsp3) is 0.429. The Morgan fingerprint density at radius 1 is 1.21 bits per heavy atom. The summed E-state index contributed by atoms with van der Waals surface area (Å²) < 4.78 is 46.7. The number of likely N-dealkylation sites (tertiary alicyclic amines) is 1. The van der Waals surface area contributed by atoms with Gasteiger partial charge in [0.2, 0.25) is 0 Å². The van der Waals surface area contributed by atoms with Crippen LogP contribution < -0.4 is 4.74 Å². The van der Waals surface area contributed by atoms with E-state index in [2.05, 4.69) is 15.0 Å². The van der Waals surface area contributed by atoms with Crippen molar-refractivity contribution < 1.29 is 17.9 Å². The summed E-state index contributed by atoms with van der Waals surface area (Å²) >= 11 is 0. The molecular weight excluding hydrogens is 381 g/mol. The molecule has 2 aromatic heterocycles. The molecule has 0 radical (unpaired) electrons. The number of fused-ring (bicyclic) bond motifs is 1. The van der Waals surface area contributed by atoms with Crippen molar-refractivity contribution in [1.82, 2.24) is 19.5 Å². The van der Waals surface area contributed by atoms with Gasteiger partial charge in [0.25, 0.3) is 0 Å². The summed E-state index contributed by atoms with van der Waals surface area (Å²) in [4.78, 5) is 6.63. The van der Waals surface area contributed by atoms with Crippen LogP contribution in [0, 0.1) is 0 Å². The molecule has 5 nitrogen and oxygen atoms in total. The minimum atomic E-state index is -4.47. The summed E-state index contributed by atoms with van der Waals surface area (Å²) in [6, 6.07) is 10.7. The Kier molecular flexibility index (Phi) is 5.21. The normalized spacial score (nSPS) is 17.9. The summed E-state index contributed by atoms with van der Waals surface area (Å²) in [6.07, 6.45) is -3.17. The van der Waals surface area contributed by atoms with Crippen LogP contribution in [0.25, 0.3) is 5.65 Å². The van der Waals surface area contributed by atoms with Crippen LogP contribution in [0.4, 0.5) is 13.2 Å². The smallest absolute Gasteiger partial charge is 0.433 e. The number of alkyl halides is 3. The monoisotopic (exact) mass is 404 g/mol. The van der Waals surface area contributed by atoms with Crippen LogP contribution in [0.1, 0.15) is 41.9 Å². The van der Waals surface area contributed by atoms with Crippen LogP contribution >= 0.6 is 0 Å². The zero-order chi connectivity index (χ0) is 20.6. The lowest BCUT2D eigenvalue weighted by molar-refractivity contribution is -0.142. The van der Waals surface area contributed by atoms with E-state index in [-0.39, 0.29) is 11.6 Å². The van der Waals surface area contributed by atoms with E-state index in [0.717, 1.165) is 47.9 Å². The first kappa shape index (κ1) is 19.7. The summed E-state index contributed by atoms with van der Waals surface area (Å²) in [5.41, 5.74) is 1.73. The van der Waals surface area contributed by atoms with Gasteiger partial charge in [-0.1, -0.05) is 19.1 Å². The minimum Gasteiger partial charge on any atom is -0.497 e. The number of ether oxygens (including phenoxy) is 1. The van der Waals surface area contributed by atoms with E-state index >= 15 is 0 Å². The van der Waals surface area contributed by atoms with Crippen LogP contribution in [0.2, 0.25) is 0 Å². The maximum Gasteiger partial charge on any atom is 0.433 e. The molecule has 29 heavy (non-hydrogen) atoms. The molecule has 0 amide bonds. The summed E-state index contributed by atoms with van der Waals surface area (Å²) in [7, 11) is 1.64. The zero-order valence-corrected chi connectivity index (χ0v) is 16.4. The molecular formula is C21H23F3N4O. The number of benzene rings is 1. The second-order valence-electron chi connectivity index (χ2n) is 7.40. The lowest BCUT2D eigenvalue weighted by Gasteiger charge is -2.16. The molecule has 0 saturated carbocycles. The van der Waals surface area contributed by atoms with Gasteiger partial charge in [-0.3, -0.25) is 4.90 Å². The molecule has 0 unspecified atom stereocenters. The van der Waals surface area contributed by atoms with Crippen molar-refractivity contribution in [2.45, 2.75) is 38.4 Å². The van der Waals surface area contributed by atoms with Gasteiger partial charge in [-0.25, -0.2) is 9.50 Å².